The summed E-state index contributed by atoms with van der Waals surface area (Å²) < 4.78 is 5.14. The first-order chi connectivity index (χ1) is 10.0. The van der Waals surface area contributed by atoms with Gasteiger partial charge in [0.15, 0.2) is 0 Å². The van der Waals surface area contributed by atoms with Crippen LogP contribution in [0, 0.1) is 22.0 Å². The van der Waals surface area contributed by atoms with E-state index in [1.54, 1.807) is 6.07 Å². The predicted octanol–water partition coefficient (Wildman–Crippen LogP) is 3.33. The number of nitro benzene ring substituents is 1. The van der Waals surface area contributed by atoms with Crippen molar-refractivity contribution >= 4 is 5.69 Å². The molecule has 2 rings (SSSR count). The van der Waals surface area contributed by atoms with Gasteiger partial charge in [-0.3, -0.25) is 10.1 Å². The number of nitro groups is 1. The van der Waals surface area contributed by atoms with E-state index in [1.807, 2.05) is 6.07 Å². The molecule has 0 bridgehead atoms. The summed E-state index contributed by atoms with van der Waals surface area (Å²) in [5.41, 5.74) is 0.906. The average Bonchev–Trinajstić information content (AvgIpc) is 2.49. The van der Waals surface area contributed by atoms with Crippen LogP contribution in [0.5, 0.6) is 5.75 Å². The first kappa shape index (κ1) is 15.8. The van der Waals surface area contributed by atoms with Crippen LogP contribution in [0.25, 0.3) is 0 Å². The Balaban J connectivity index is 2.17. The number of ether oxygens (including phenoxy) is 1. The lowest BCUT2D eigenvalue weighted by molar-refractivity contribution is -0.385. The van der Waals surface area contributed by atoms with E-state index < -0.39 is 4.92 Å². The monoisotopic (exact) mass is 293 g/mol. The highest BCUT2D eigenvalue weighted by Gasteiger charge is 2.28. The quantitative estimate of drug-likeness (QED) is 0.667. The van der Waals surface area contributed by atoms with Crippen molar-refractivity contribution in [3.05, 3.63) is 33.9 Å². The molecule has 1 aromatic rings. The van der Waals surface area contributed by atoms with Gasteiger partial charge >= 0.3 is 0 Å². The zero-order valence-electron chi connectivity index (χ0n) is 12.6. The molecule has 0 saturated heterocycles. The number of aliphatic hydroxyl groups excluding tert-OH is 1. The van der Waals surface area contributed by atoms with Crippen LogP contribution in [-0.4, -0.2) is 23.2 Å². The summed E-state index contributed by atoms with van der Waals surface area (Å²) in [6.07, 6.45) is 4.37. The number of benzene rings is 1. The third-order valence-corrected chi connectivity index (χ3v) is 4.52. The maximum atomic E-state index is 11.0. The van der Waals surface area contributed by atoms with E-state index in [9.17, 15) is 15.2 Å². The molecule has 5 nitrogen and oxygen atoms in total. The predicted molar refractivity (Wildman–Crippen MR) is 80.5 cm³/mol. The topological polar surface area (TPSA) is 72.6 Å². The van der Waals surface area contributed by atoms with Gasteiger partial charge in [-0.25, -0.2) is 0 Å². The van der Waals surface area contributed by atoms with Crippen LogP contribution in [-0.2, 0) is 6.42 Å². The molecule has 1 aliphatic carbocycles. The Kier molecular flexibility index (Phi) is 5.17. The van der Waals surface area contributed by atoms with E-state index in [2.05, 4.69) is 6.92 Å². The molecule has 5 heteroatoms. The maximum Gasteiger partial charge on any atom is 0.273 e. The number of nitrogens with zero attached hydrogens (tertiary/aromatic N) is 1. The molecule has 0 heterocycles. The Morgan fingerprint density at radius 1 is 1.38 bits per heavy atom. The Bertz CT molecular complexity index is 503. The van der Waals surface area contributed by atoms with Crippen LogP contribution >= 0.6 is 0 Å². The van der Waals surface area contributed by atoms with Crippen LogP contribution in [0.2, 0.25) is 0 Å². The van der Waals surface area contributed by atoms with Gasteiger partial charge in [0, 0.05) is 6.07 Å². The van der Waals surface area contributed by atoms with Gasteiger partial charge in [-0.2, -0.15) is 0 Å². The van der Waals surface area contributed by atoms with Crippen LogP contribution < -0.4 is 4.74 Å². The van der Waals surface area contributed by atoms with Crippen molar-refractivity contribution in [3.8, 4) is 5.75 Å². The first-order valence-electron chi connectivity index (χ1n) is 7.53. The summed E-state index contributed by atoms with van der Waals surface area (Å²) in [4.78, 5) is 10.6. The molecule has 1 saturated carbocycles. The fraction of sp³-hybridized carbons (Fsp3) is 0.625. The standard InChI is InChI=1S/C16H23NO4/c1-3-11-4-5-16(18)13(6-11)7-12-8-14(17(19)20)10-15(9-12)21-2/h8-11,13,16,18H,3-7H2,1-2H3. The van der Waals surface area contributed by atoms with E-state index >= 15 is 0 Å². The van der Waals surface area contributed by atoms with E-state index in [4.69, 9.17) is 4.74 Å². The second kappa shape index (κ2) is 6.89. The van der Waals surface area contributed by atoms with Gasteiger partial charge in [-0.05, 0) is 49.1 Å². The second-order valence-corrected chi connectivity index (χ2v) is 5.92. The molecule has 0 spiro atoms. The van der Waals surface area contributed by atoms with Crippen molar-refractivity contribution in [1.82, 2.24) is 0 Å². The van der Waals surface area contributed by atoms with Crippen LogP contribution in [0.15, 0.2) is 18.2 Å². The smallest absolute Gasteiger partial charge is 0.273 e. The van der Waals surface area contributed by atoms with Gasteiger partial charge < -0.3 is 9.84 Å². The third kappa shape index (κ3) is 3.94. The number of rotatable bonds is 5. The zero-order chi connectivity index (χ0) is 15.4. The Labute approximate surface area is 125 Å². The molecular formula is C16H23NO4. The van der Waals surface area contributed by atoms with E-state index in [0.29, 0.717) is 18.1 Å². The number of methoxy groups -OCH3 is 1. The molecule has 0 aliphatic heterocycles. The highest BCUT2D eigenvalue weighted by molar-refractivity contribution is 5.43. The van der Waals surface area contributed by atoms with Gasteiger partial charge in [0.25, 0.3) is 5.69 Å². The fourth-order valence-corrected chi connectivity index (χ4v) is 3.22. The van der Waals surface area contributed by atoms with Gasteiger partial charge in [0.1, 0.15) is 5.75 Å². The maximum absolute atomic E-state index is 11.0. The summed E-state index contributed by atoms with van der Waals surface area (Å²) in [6.45, 7) is 2.18. The Morgan fingerprint density at radius 3 is 2.76 bits per heavy atom. The molecule has 116 valence electrons. The normalized spacial score (nSPS) is 25.6. The van der Waals surface area contributed by atoms with Crippen molar-refractivity contribution in [2.45, 2.75) is 45.1 Å². The lowest BCUT2D eigenvalue weighted by Crippen LogP contribution is -2.30. The van der Waals surface area contributed by atoms with Crippen LogP contribution in [0.3, 0.4) is 0 Å². The van der Waals surface area contributed by atoms with Gasteiger partial charge in [-0.15, -0.1) is 0 Å². The van der Waals surface area contributed by atoms with E-state index in [-0.39, 0.29) is 17.7 Å². The van der Waals surface area contributed by atoms with E-state index in [1.165, 1.54) is 13.2 Å². The molecule has 0 aromatic heterocycles. The Hall–Kier alpha value is -1.62. The zero-order valence-corrected chi connectivity index (χ0v) is 12.6. The highest BCUT2D eigenvalue weighted by Crippen LogP contribution is 2.34. The first-order valence-corrected chi connectivity index (χ1v) is 7.53. The second-order valence-electron chi connectivity index (χ2n) is 5.92. The summed E-state index contributed by atoms with van der Waals surface area (Å²) in [5, 5.41) is 21.2. The van der Waals surface area contributed by atoms with Crippen LogP contribution in [0.4, 0.5) is 5.69 Å². The molecule has 1 aromatic carbocycles. The highest BCUT2D eigenvalue weighted by atomic mass is 16.6. The molecule has 1 N–H and O–H groups in total. The van der Waals surface area contributed by atoms with Crippen molar-refractivity contribution in [2.24, 2.45) is 11.8 Å². The summed E-state index contributed by atoms with van der Waals surface area (Å²) in [6, 6.07) is 4.84. The summed E-state index contributed by atoms with van der Waals surface area (Å²) in [7, 11) is 1.51. The summed E-state index contributed by atoms with van der Waals surface area (Å²) in [5.74, 6) is 1.32. The van der Waals surface area contributed by atoms with Gasteiger partial charge in [-0.1, -0.05) is 13.3 Å². The summed E-state index contributed by atoms with van der Waals surface area (Å²) >= 11 is 0. The van der Waals surface area contributed by atoms with Crippen molar-refractivity contribution in [1.29, 1.82) is 0 Å². The van der Waals surface area contributed by atoms with Gasteiger partial charge in [0.2, 0.25) is 0 Å². The number of non-ortho nitro benzene ring substituents is 1. The lowest BCUT2D eigenvalue weighted by Gasteiger charge is -2.33. The third-order valence-electron chi connectivity index (χ3n) is 4.52. The van der Waals surface area contributed by atoms with Crippen molar-refractivity contribution in [3.63, 3.8) is 0 Å². The minimum atomic E-state index is -0.405. The lowest BCUT2D eigenvalue weighted by atomic mass is 9.76. The molecule has 3 atom stereocenters. The number of aliphatic hydroxyl groups is 1. The molecule has 21 heavy (non-hydrogen) atoms. The molecule has 0 amide bonds. The molecule has 3 unspecified atom stereocenters. The Morgan fingerprint density at radius 2 is 2.14 bits per heavy atom. The number of hydrogen-bond acceptors (Lipinski definition) is 4. The minimum Gasteiger partial charge on any atom is -0.496 e. The minimum absolute atomic E-state index is 0.0432. The van der Waals surface area contributed by atoms with Gasteiger partial charge in [0.05, 0.1) is 24.2 Å². The molecule has 1 aliphatic rings. The van der Waals surface area contributed by atoms with Crippen LogP contribution in [0.1, 0.15) is 38.2 Å². The largest absolute Gasteiger partial charge is 0.496 e. The van der Waals surface area contributed by atoms with E-state index in [0.717, 1.165) is 31.2 Å². The SMILES string of the molecule is CCC1CCC(O)C(Cc2cc(OC)cc([N+](=O)[O-])c2)C1. The molecule has 0 radical (unpaired) electrons. The fourth-order valence-electron chi connectivity index (χ4n) is 3.22. The molecule has 1 fully saturated rings. The molecular weight excluding hydrogens is 270 g/mol. The van der Waals surface area contributed by atoms with Crippen molar-refractivity contribution < 1.29 is 14.8 Å². The van der Waals surface area contributed by atoms with Crippen molar-refractivity contribution in [2.75, 3.05) is 7.11 Å². The average molecular weight is 293 g/mol. The number of hydrogen-bond donors (Lipinski definition) is 1.